The third-order valence-corrected chi connectivity index (χ3v) is 13.1. The summed E-state index contributed by atoms with van der Waals surface area (Å²) in [6.07, 6.45) is 33.7. The van der Waals surface area contributed by atoms with Crippen molar-refractivity contribution in [3.63, 3.8) is 0 Å². The molecule has 0 saturated carbocycles. The highest BCUT2D eigenvalue weighted by Crippen LogP contribution is 2.43. The van der Waals surface area contributed by atoms with Crippen LogP contribution in [0.2, 0.25) is 0 Å². The van der Waals surface area contributed by atoms with Crippen LogP contribution in [0.4, 0.5) is 0 Å². The average molecular weight is 1160 g/mol. The number of phenolic OH excluding ortho intramolecular Hbond substituents is 8. The Hall–Kier alpha value is -12.2. The summed E-state index contributed by atoms with van der Waals surface area (Å²) in [4.78, 5) is 23.7. The van der Waals surface area contributed by atoms with Crippen LogP contribution in [-0.2, 0) is 0 Å². The quantitative estimate of drug-likeness (QED) is 0.0531. The minimum Gasteiger partial charge on any atom is -0.508 e. The van der Waals surface area contributed by atoms with Crippen molar-refractivity contribution < 1.29 is 40.9 Å². The molecular weight excluding hydrogens is 1100 g/mol. The maximum absolute atomic E-state index is 10.2. The molecule has 0 atom stereocenters. The number of aromatic hydroxyl groups is 8. The molecule has 0 bridgehead atoms. The Balaban J connectivity index is 0.000000145. The molecule has 8 N–H and O–H groups in total. The van der Waals surface area contributed by atoms with E-state index >= 15 is 0 Å². The maximum Gasteiger partial charge on any atom is 0.119 e. The zero-order valence-corrected chi connectivity index (χ0v) is 47.4. The fraction of sp³-hybridized carbons (Fsp3) is 0.0270. The second-order valence-electron chi connectivity index (χ2n) is 19.4. The standard InChI is InChI=1S/2C19H16O4.3C12H10N2/c2*20-13-9-12(10-14(21)11-13)19(15-5-1-3-7-17(15)22)16-6-2-4-8-18(16)23;3*1(11-3-7-13-8-4-11)2-12-5-9-14-10-6-12/h2*1-11,19-23H;3*1-10H/b;;3*2-1+. The molecule has 0 radical (unpaired) electrons. The lowest BCUT2D eigenvalue weighted by Gasteiger charge is -2.21. The van der Waals surface area contributed by atoms with Gasteiger partial charge in [0.15, 0.2) is 0 Å². The molecule has 0 aliphatic carbocycles. The van der Waals surface area contributed by atoms with E-state index in [9.17, 15) is 40.9 Å². The largest absolute Gasteiger partial charge is 0.508 e. The van der Waals surface area contributed by atoms with Crippen molar-refractivity contribution in [1.82, 2.24) is 29.9 Å². The van der Waals surface area contributed by atoms with E-state index in [1.165, 1.54) is 36.4 Å². The third-order valence-electron chi connectivity index (χ3n) is 13.1. The first-order valence-electron chi connectivity index (χ1n) is 27.6. The predicted molar refractivity (Wildman–Crippen MR) is 346 cm³/mol. The van der Waals surface area contributed by atoms with Crippen LogP contribution in [0.5, 0.6) is 46.0 Å². The summed E-state index contributed by atoms with van der Waals surface area (Å²) in [5.41, 5.74) is 10.3. The molecule has 6 aromatic heterocycles. The van der Waals surface area contributed by atoms with Gasteiger partial charge in [0.05, 0.1) is 0 Å². The van der Waals surface area contributed by atoms with Gasteiger partial charge in [-0.3, -0.25) is 29.9 Å². The Morgan fingerprint density at radius 3 is 0.557 bits per heavy atom. The first-order valence-corrected chi connectivity index (χ1v) is 27.6. The van der Waals surface area contributed by atoms with E-state index < -0.39 is 11.8 Å². The van der Waals surface area contributed by atoms with Crippen LogP contribution in [0.25, 0.3) is 36.5 Å². The minimum absolute atomic E-state index is 0.0728. The number of hydrogen-bond donors (Lipinski definition) is 8. The fourth-order valence-electron chi connectivity index (χ4n) is 8.97. The highest BCUT2D eigenvalue weighted by molar-refractivity contribution is 5.71. The summed E-state index contributed by atoms with van der Waals surface area (Å²) in [6, 6.07) is 59.3. The van der Waals surface area contributed by atoms with Gasteiger partial charge in [0, 0.05) is 121 Å². The average Bonchev–Trinajstić information content (AvgIpc) is 1.59. The summed E-state index contributed by atoms with van der Waals surface area (Å²) < 4.78 is 0. The van der Waals surface area contributed by atoms with Crippen LogP contribution in [0.1, 0.15) is 78.6 Å². The molecule has 436 valence electrons. The second-order valence-corrected chi connectivity index (χ2v) is 19.4. The van der Waals surface area contributed by atoms with Gasteiger partial charge in [0.25, 0.3) is 0 Å². The number of phenols is 8. The van der Waals surface area contributed by atoms with Crippen molar-refractivity contribution >= 4 is 36.5 Å². The molecule has 12 aromatic rings. The number of nitrogens with zero attached hydrogens (tertiary/aromatic N) is 6. The lowest BCUT2D eigenvalue weighted by Crippen LogP contribution is -2.04. The molecule has 0 amide bonds. The monoisotopic (exact) mass is 1160 g/mol. The number of hydrogen-bond acceptors (Lipinski definition) is 14. The summed E-state index contributed by atoms with van der Waals surface area (Å²) in [5, 5.41) is 80.1. The van der Waals surface area contributed by atoms with Crippen molar-refractivity contribution in [2.24, 2.45) is 0 Å². The number of para-hydroxylation sites is 4. The summed E-state index contributed by atoms with van der Waals surface area (Å²) >= 11 is 0. The molecule has 0 aliphatic rings. The van der Waals surface area contributed by atoms with Gasteiger partial charge in [-0.05, 0) is 166 Å². The fourth-order valence-corrected chi connectivity index (χ4v) is 8.97. The summed E-state index contributed by atoms with van der Waals surface area (Å²) in [5.74, 6) is -1.12. The Morgan fingerprint density at radius 1 is 0.216 bits per heavy atom. The van der Waals surface area contributed by atoms with Crippen molar-refractivity contribution in [3.05, 3.63) is 347 Å². The minimum atomic E-state index is -0.532. The molecule has 6 heterocycles. The topological polar surface area (TPSA) is 239 Å². The van der Waals surface area contributed by atoms with Crippen molar-refractivity contribution in [2.45, 2.75) is 11.8 Å². The van der Waals surface area contributed by atoms with Crippen LogP contribution >= 0.6 is 0 Å². The van der Waals surface area contributed by atoms with Crippen molar-refractivity contribution in [1.29, 1.82) is 0 Å². The van der Waals surface area contributed by atoms with E-state index in [-0.39, 0.29) is 46.0 Å². The van der Waals surface area contributed by atoms with Crippen molar-refractivity contribution in [2.75, 3.05) is 0 Å². The van der Waals surface area contributed by atoms with Gasteiger partial charge >= 0.3 is 0 Å². The van der Waals surface area contributed by atoms with Gasteiger partial charge in [0.2, 0.25) is 0 Å². The zero-order valence-electron chi connectivity index (χ0n) is 47.4. The summed E-state index contributed by atoms with van der Waals surface area (Å²) in [6.45, 7) is 0. The van der Waals surface area contributed by atoms with Gasteiger partial charge < -0.3 is 40.9 Å². The van der Waals surface area contributed by atoms with Crippen LogP contribution in [0.15, 0.2) is 281 Å². The lowest BCUT2D eigenvalue weighted by molar-refractivity contribution is 0.445. The van der Waals surface area contributed by atoms with Gasteiger partial charge in [-0.25, -0.2) is 0 Å². The van der Waals surface area contributed by atoms with Gasteiger partial charge in [-0.15, -0.1) is 0 Å². The SMILES string of the molecule is C(=C\c1ccncc1)/c1ccncc1.C(=C\c1ccncc1)/c1ccncc1.C(=C\c1ccncc1)/c1ccncc1.Oc1cc(O)cc(C(c2ccccc2O)c2ccccc2O)c1.Oc1cc(O)cc(C(c2ccccc2O)c2ccccc2O)c1. The smallest absolute Gasteiger partial charge is 0.119 e. The highest BCUT2D eigenvalue weighted by Gasteiger charge is 2.25. The molecule has 6 aromatic carbocycles. The second kappa shape index (κ2) is 32.6. The van der Waals surface area contributed by atoms with Crippen LogP contribution in [-0.4, -0.2) is 70.8 Å². The zero-order chi connectivity index (χ0) is 61.7. The van der Waals surface area contributed by atoms with Gasteiger partial charge in [0.1, 0.15) is 46.0 Å². The Morgan fingerprint density at radius 2 is 0.386 bits per heavy atom. The molecular formula is C74H62N6O8. The molecule has 0 aliphatic heterocycles. The van der Waals surface area contributed by atoms with Crippen LogP contribution in [0.3, 0.4) is 0 Å². The summed E-state index contributed by atoms with van der Waals surface area (Å²) in [7, 11) is 0. The van der Waals surface area contributed by atoms with Gasteiger partial charge in [-0.2, -0.15) is 0 Å². The van der Waals surface area contributed by atoms with Crippen LogP contribution in [0, 0.1) is 0 Å². The Kier molecular flexibility index (Phi) is 22.9. The van der Waals surface area contributed by atoms with Crippen molar-refractivity contribution in [3.8, 4) is 46.0 Å². The molecule has 0 unspecified atom stereocenters. The lowest BCUT2D eigenvalue weighted by atomic mass is 9.84. The van der Waals surface area contributed by atoms with E-state index in [2.05, 4.69) is 66.4 Å². The van der Waals surface area contributed by atoms with Crippen LogP contribution < -0.4 is 0 Å². The number of pyridine rings is 6. The molecule has 12 rings (SSSR count). The Labute approximate surface area is 510 Å². The molecule has 14 nitrogen and oxygen atoms in total. The highest BCUT2D eigenvalue weighted by atomic mass is 16.3. The first-order chi connectivity index (χ1) is 43.0. The molecule has 0 spiro atoms. The first kappa shape index (κ1) is 61.9. The van der Waals surface area contributed by atoms with E-state index in [1.807, 2.05) is 72.8 Å². The van der Waals surface area contributed by atoms with E-state index in [4.69, 9.17) is 0 Å². The van der Waals surface area contributed by atoms with E-state index in [1.54, 1.807) is 171 Å². The molecule has 0 saturated heterocycles. The predicted octanol–water partition coefficient (Wildman–Crippen LogP) is 15.3. The Bertz CT molecular complexity index is 3550. The number of benzene rings is 6. The molecule has 0 fully saturated rings. The number of aromatic nitrogens is 6. The number of rotatable bonds is 12. The van der Waals surface area contributed by atoms with E-state index in [0.29, 0.717) is 33.4 Å². The normalized spacial score (nSPS) is 10.7. The maximum atomic E-state index is 10.2. The third kappa shape index (κ3) is 19.2. The van der Waals surface area contributed by atoms with E-state index in [0.717, 1.165) is 33.4 Å². The van der Waals surface area contributed by atoms with Gasteiger partial charge in [-0.1, -0.05) is 109 Å². The molecule has 88 heavy (non-hydrogen) atoms. The molecule has 14 heteroatoms.